The number of thioether (sulfide) groups is 1. The van der Waals surface area contributed by atoms with Gasteiger partial charge in [-0.05, 0) is 60.6 Å². The molecule has 2 rings (SSSR count). The molecule has 160 valence electrons. The summed E-state index contributed by atoms with van der Waals surface area (Å²) in [6.07, 6.45) is 8.67. The zero-order valence-electron chi connectivity index (χ0n) is 18.3. The first-order chi connectivity index (χ1) is 14.1. The van der Waals surface area contributed by atoms with E-state index in [1.165, 1.54) is 53.8 Å². The van der Waals surface area contributed by atoms with Gasteiger partial charge in [0, 0.05) is 22.7 Å². The normalized spacial score (nSPS) is 11.8. The summed E-state index contributed by atoms with van der Waals surface area (Å²) in [4.78, 5) is 1.29. The first-order valence-electron chi connectivity index (χ1n) is 11.2. The highest BCUT2D eigenvalue weighted by molar-refractivity contribution is 7.99. The van der Waals surface area contributed by atoms with E-state index in [-0.39, 0.29) is 17.8 Å². The lowest BCUT2D eigenvalue weighted by atomic mass is 9.81. The van der Waals surface area contributed by atoms with Crippen LogP contribution in [0.15, 0.2) is 47.4 Å². The highest BCUT2D eigenvalue weighted by atomic mass is 32.2. The minimum Gasteiger partial charge on any atom is -0.396 e. The Kier molecular flexibility index (Phi) is 10.2. The number of aliphatic hydroxyl groups is 1. The van der Waals surface area contributed by atoms with Crippen LogP contribution in [0, 0.1) is 11.2 Å². The lowest BCUT2D eigenvalue weighted by Gasteiger charge is -2.32. The third-order valence-corrected chi connectivity index (χ3v) is 7.30. The van der Waals surface area contributed by atoms with E-state index in [9.17, 15) is 9.50 Å². The second-order valence-corrected chi connectivity index (χ2v) is 9.27. The molecule has 0 aliphatic heterocycles. The molecule has 0 radical (unpaired) electrons. The molecular formula is C26H37FOS. The van der Waals surface area contributed by atoms with Crippen LogP contribution in [0.1, 0.15) is 76.0 Å². The molecule has 0 saturated heterocycles. The summed E-state index contributed by atoms with van der Waals surface area (Å²) in [5, 5.41) is 10.3. The fourth-order valence-electron chi connectivity index (χ4n) is 3.76. The summed E-state index contributed by atoms with van der Waals surface area (Å²) in [7, 11) is 0. The van der Waals surface area contributed by atoms with Crippen molar-refractivity contribution in [2.75, 3.05) is 12.4 Å². The molecule has 0 atom stereocenters. The van der Waals surface area contributed by atoms with Crippen LogP contribution in [-0.2, 0) is 12.8 Å². The fraction of sp³-hybridized carbons (Fsp3) is 0.538. The third kappa shape index (κ3) is 7.46. The molecule has 0 bridgehead atoms. The second-order valence-electron chi connectivity index (χ2n) is 8.25. The van der Waals surface area contributed by atoms with Crippen LogP contribution >= 0.6 is 11.8 Å². The lowest BCUT2D eigenvalue weighted by Crippen LogP contribution is -2.28. The number of hydrogen-bond donors (Lipinski definition) is 1. The van der Waals surface area contributed by atoms with Crippen molar-refractivity contribution in [3.8, 4) is 0 Å². The maximum atomic E-state index is 13.3. The van der Waals surface area contributed by atoms with Crippen LogP contribution in [0.3, 0.4) is 0 Å². The Morgan fingerprint density at radius 1 is 0.897 bits per heavy atom. The van der Waals surface area contributed by atoms with Gasteiger partial charge in [0.2, 0.25) is 0 Å². The number of benzene rings is 2. The summed E-state index contributed by atoms with van der Waals surface area (Å²) in [5.74, 6) is 0.760. The molecule has 2 aromatic rings. The Morgan fingerprint density at radius 3 is 2.07 bits per heavy atom. The molecule has 0 heterocycles. The Labute approximate surface area is 181 Å². The zero-order valence-corrected chi connectivity index (χ0v) is 19.2. The Hall–Kier alpha value is -1.32. The number of aryl methyl sites for hydroxylation is 1. The zero-order chi connectivity index (χ0) is 21.1. The Balaban J connectivity index is 2.21. The molecule has 0 fully saturated rings. The van der Waals surface area contributed by atoms with Crippen molar-refractivity contribution >= 4 is 11.8 Å². The molecule has 0 unspecified atom stereocenters. The minimum absolute atomic E-state index is 0.00720. The van der Waals surface area contributed by atoms with Crippen LogP contribution in [0.25, 0.3) is 0 Å². The largest absolute Gasteiger partial charge is 0.396 e. The maximum absolute atomic E-state index is 13.3. The SMILES string of the molecule is CCCCC(CO)(CCCC)CSc1ccc(CC)cc1Cc1ccc(F)cc1. The Bertz CT molecular complexity index is 718. The van der Waals surface area contributed by atoms with Crippen molar-refractivity contribution in [3.05, 3.63) is 65.0 Å². The van der Waals surface area contributed by atoms with Gasteiger partial charge in [-0.25, -0.2) is 4.39 Å². The van der Waals surface area contributed by atoms with Crippen LogP contribution in [0.5, 0.6) is 0 Å². The van der Waals surface area contributed by atoms with Gasteiger partial charge >= 0.3 is 0 Å². The molecule has 0 aromatic heterocycles. The van der Waals surface area contributed by atoms with Gasteiger partial charge in [-0.1, -0.05) is 70.7 Å². The average molecular weight is 417 g/mol. The fourth-order valence-corrected chi connectivity index (χ4v) is 5.08. The van der Waals surface area contributed by atoms with Gasteiger partial charge in [-0.2, -0.15) is 0 Å². The van der Waals surface area contributed by atoms with Crippen molar-refractivity contribution in [1.82, 2.24) is 0 Å². The molecule has 0 amide bonds. The van der Waals surface area contributed by atoms with Gasteiger partial charge in [0.1, 0.15) is 5.82 Å². The van der Waals surface area contributed by atoms with Crippen molar-refractivity contribution in [2.45, 2.75) is 77.0 Å². The number of rotatable bonds is 13. The van der Waals surface area contributed by atoms with E-state index in [0.29, 0.717) is 0 Å². The van der Waals surface area contributed by atoms with Gasteiger partial charge < -0.3 is 5.11 Å². The highest BCUT2D eigenvalue weighted by Gasteiger charge is 2.28. The number of hydrogen-bond acceptors (Lipinski definition) is 2. The molecule has 2 aromatic carbocycles. The number of halogens is 1. The predicted molar refractivity (Wildman–Crippen MR) is 124 cm³/mol. The topological polar surface area (TPSA) is 20.2 Å². The molecular weight excluding hydrogens is 379 g/mol. The molecule has 29 heavy (non-hydrogen) atoms. The molecule has 1 N–H and O–H groups in total. The second kappa shape index (κ2) is 12.4. The summed E-state index contributed by atoms with van der Waals surface area (Å²) < 4.78 is 13.3. The summed E-state index contributed by atoms with van der Waals surface area (Å²) in [5.41, 5.74) is 3.77. The smallest absolute Gasteiger partial charge is 0.123 e. The molecule has 0 aliphatic rings. The van der Waals surface area contributed by atoms with Gasteiger partial charge in [0.25, 0.3) is 0 Å². The van der Waals surface area contributed by atoms with E-state index in [4.69, 9.17) is 0 Å². The van der Waals surface area contributed by atoms with Crippen molar-refractivity contribution in [3.63, 3.8) is 0 Å². The summed E-state index contributed by atoms with van der Waals surface area (Å²) in [6.45, 7) is 6.88. The third-order valence-electron chi connectivity index (χ3n) is 5.83. The van der Waals surface area contributed by atoms with Gasteiger partial charge in [0.05, 0.1) is 0 Å². The summed E-state index contributed by atoms with van der Waals surface area (Å²) in [6, 6.07) is 13.6. The highest BCUT2D eigenvalue weighted by Crippen LogP contribution is 2.38. The lowest BCUT2D eigenvalue weighted by molar-refractivity contribution is 0.122. The summed E-state index contributed by atoms with van der Waals surface area (Å²) >= 11 is 1.89. The van der Waals surface area contributed by atoms with Gasteiger partial charge in [0.15, 0.2) is 0 Å². The van der Waals surface area contributed by atoms with Crippen LogP contribution in [0.4, 0.5) is 4.39 Å². The Morgan fingerprint density at radius 2 is 1.52 bits per heavy atom. The predicted octanol–water partition coefficient (Wildman–Crippen LogP) is 7.43. The number of unbranched alkanes of at least 4 members (excludes halogenated alkanes) is 2. The van der Waals surface area contributed by atoms with E-state index in [1.807, 2.05) is 23.9 Å². The van der Waals surface area contributed by atoms with E-state index in [0.717, 1.165) is 37.0 Å². The van der Waals surface area contributed by atoms with Crippen LogP contribution < -0.4 is 0 Å². The quantitative estimate of drug-likeness (QED) is 0.343. The van der Waals surface area contributed by atoms with E-state index >= 15 is 0 Å². The number of aliphatic hydroxyl groups excluding tert-OH is 1. The molecule has 3 heteroatoms. The monoisotopic (exact) mass is 416 g/mol. The molecule has 0 spiro atoms. The molecule has 0 saturated carbocycles. The molecule has 0 aliphatic carbocycles. The van der Waals surface area contributed by atoms with Crippen molar-refractivity contribution < 1.29 is 9.50 Å². The first kappa shape index (κ1) is 24.0. The minimum atomic E-state index is -0.190. The van der Waals surface area contributed by atoms with Crippen molar-refractivity contribution in [2.24, 2.45) is 5.41 Å². The van der Waals surface area contributed by atoms with Crippen molar-refractivity contribution in [1.29, 1.82) is 0 Å². The van der Waals surface area contributed by atoms with E-state index in [2.05, 4.69) is 39.0 Å². The average Bonchev–Trinajstić information content (AvgIpc) is 2.75. The molecule has 1 nitrogen and oxygen atoms in total. The van der Waals surface area contributed by atoms with Gasteiger partial charge in [-0.15, -0.1) is 11.8 Å². The van der Waals surface area contributed by atoms with Crippen LogP contribution in [-0.4, -0.2) is 17.5 Å². The van der Waals surface area contributed by atoms with Crippen LogP contribution in [0.2, 0.25) is 0 Å². The van der Waals surface area contributed by atoms with E-state index < -0.39 is 0 Å². The van der Waals surface area contributed by atoms with E-state index in [1.54, 1.807) is 0 Å². The standard InChI is InChI=1S/C26H37FOS/c1-4-7-15-26(19-28,16-8-5-2)20-29-25-14-11-21(6-3)17-23(25)18-22-9-12-24(27)13-10-22/h9-14,17,28H,4-8,15-16,18-20H2,1-3H3. The maximum Gasteiger partial charge on any atom is 0.123 e. The van der Waals surface area contributed by atoms with Gasteiger partial charge in [-0.3, -0.25) is 0 Å². The first-order valence-corrected chi connectivity index (χ1v) is 12.1.